The summed E-state index contributed by atoms with van der Waals surface area (Å²) in [6, 6.07) is 12.6. The molecule has 2 amide bonds. The number of nitrogens with zero attached hydrogens (tertiary/aromatic N) is 3. The Labute approximate surface area is 148 Å². The number of carbonyl (C=O) groups excluding carboxylic acids is 2. The number of carbonyl (C=O) groups is 2. The molecule has 1 heterocycles. The lowest BCUT2D eigenvalue weighted by molar-refractivity contribution is -0.384. The van der Waals surface area contributed by atoms with E-state index in [0.717, 1.165) is 0 Å². The van der Waals surface area contributed by atoms with Crippen LogP contribution in [0.15, 0.2) is 53.6 Å². The molecule has 0 spiro atoms. The third-order valence-electron chi connectivity index (χ3n) is 3.62. The first kappa shape index (κ1) is 17.1. The molecule has 9 heteroatoms. The molecular formula is C17H14N4O5. The molecule has 0 unspecified atom stereocenters. The van der Waals surface area contributed by atoms with Crippen molar-refractivity contribution in [2.45, 2.75) is 0 Å². The van der Waals surface area contributed by atoms with Crippen LogP contribution in [-0.2, 0) is 9.59 Å². The molecule has 3 rings (SSSR count). The number of hydrazone groups is 1. The summed E-state index contributed by atoms with van der Waals surface area (Å²) in [6.07, 6.45) is 1.36. The van der Waals surface area contributed by atoms with Gasteiger partial charge in [0, 0.05) is 12.1 Å². The number of amides is 2. The van der Waals surface area contributed by atoms with Crippen molar-refractivity contribution in [2.75, 3.05) is 18.1 Å². The number of anilines is 1. The molecule has 0 radical (unpaired) electrons. The number of ether oxygens (including phenoxy) is 1. The number of nitro benzene ring substituents is 1. The predicted octanol–water partition coefficient (Wildman–Crippen LogP) is 1.47. The number of hydrogen-bond acceptors (Lipinski definition) is 6. The number of non-ortho nitro benzene ring substituents is 1. The zero-order valence-electron chi connectivity index (χ0n) is 13.5. The van der Waals surface area contributed by atoms with Gasteiger partial charge < -0.3 is 4.74 Å². The topological polar surface area (TPSA) is 114 Å². The maximum Gasteiger partial charge on any atom is 0.269 e. The third-order valence-corrected chi connectivity index (χ3v) is 3.62. The Morgan fingerprint density at radius 2 is 2.00 bits per heavy atom. The van der Waals surface area contributed by atoms with Gasteiger partial charge in [0.1, 0.15) is 12.3 Å². The van der Waals surface area contributed by atoms with Crippen LogP contribution in [0.4, 0.5) is 11.4 Å². The average Bonchev–Trinajstić information content (AvgIpc) is 2.64. The summed E-state index contributed by atoms with van der Waals surface area (Å²) in [4.78, 5) is 35.5. The Hall–Kier alpha value is -3.75. The SMILES string of the molecule is O=C(CN1C(=O)COc2ccccc21)N/N=C\c1ccc([N+](=O)[O-])cc1. The second-order valence-electron chi connectivity index (χ2n) is 5.38. The van der Waals surface area contributed by atoms with Gasteiger partial charge in [0.25, 0.3) is 17.5 Å². The fourth-order valence-corrected chi connectivity index (χ4v) is 2.37. The van der Waals surface area contributed by atoms with Gasteiger partial charge in [-0.1, -0.05) is 12.1 Å². The molecule has 0 aromatic heterocycles. The van der Waals surface area contributed by atoms with E-state index in [0.29, 0.717) is 17.0 Å². The van der Waals surface area contributed by atoms with Crippen LogP contribution >= 0.6 is 0 Å². The number of benzene rings is 2. The average molecular weight is 354 g/mol. The molecule has 0 saturated heterocycles. The normalized spacial score (nSPS) is 13.2. The van der Waals surface area contributed by atoms with E-state index >= 15 is 0 Å². The number of nitrogens with one attached hydrogen (secondary N) is 1. The summed E-state index contributed by atoms with van der Waals surface area (Å²) in [5, 5.41) is 14.4. The highest BCUT2D eigenvalue weighted by Crippen LogP contribution is 2.31. The van der Waals surface area contributed by atoms with Crippen molar-refractivity contribution in [3.05, 3.63) is 64.2 Å². The van der Waals surface area contributed by atoms with Crippen LogP contribution in [0.2, 0.25) is 0 Å². The van der Waals surface area contributed by atoms with Gasteiger partial charge in [0.15, 0.2) is 6.61 Å². The largest absolute Gasteiger partial charge is 0.482 e. The Kier molecular flexibility index (Phi) is 4.88. The van der Waals surface area contributed by atoms with Crippen LogP contribution in [-0.4, -0.2) is 36.1 Å². The van der Waals surface area contributed by atoms with Crippen molar-refractivity contribution in [2.24, 2.45) is 5.10 Å². The fourth-order valence-electron chi connectivity index (χ4n) is 2.37. The lowest BCUT2D eigenvalue weighted by Gasteiger charge is -2.28. The van der Waals surface area contributed by atoms with Gasteiger partial charge in [0.2, 0.25) is 0 Å². The summed E-state index contributed by atoms with van der Waals surface area (Å²) in [6.45, 7) is -0.326. The fraction of sp³-hybridized carbons (Fsp3) is 0.118. The van der Waals surface area contributed by atoms with E-state index < -0.39 is 10.8 Å². The van der Waals surface area contributed by atoms with E-state index in [1.54, 1.807) is 24.3 Å². The van der Waals surface area contributed by atoms with Gasteiger partial charge in [-0.2, -0.15) is 5.10 Å². The molecule has 1 aliphatic heterocycles. The van der Waals surface area contributed by atoms with Crippen molar-refractivity contribution in [1.82, 2.24) is 5.43 Å². The van der Waals surface area contributed by atoms with Gasteiger partial charge in [0.05, 0.1) is 16.8 Å². The molecule has 0 atom stereocenters. The molecule has 26 heavy (non-hydrogen) atoms. The van der Waals surface area contributed by atoms with Gasteiger partial charge in [-0.15, -0.1) is 0 Å². The Bertz CT molecular complexity index is 879. The standard InChI is InChI=1S/C17H14N4O5/c22-16(19-18-9-12-5-7-13(8-6-12)21(24)25)10-20-14-3-1-2-4-15(14)26-11-17(20)23/h1-9H,10-11H2,(H,19,22)/b18-9-. The van der Waals surface area contributed by atoms with Crippen molar-refractivity contribution in [1.29, 1.82) is 0 Å². The van der Waals surface area contributed by atoms with Crippen molar-refractivity contribution >= 4 is 29.4 Å². The molecule has 2 aromatic rings. The monoisotopic (exact) mass is 354 g/mol. The lowest BCUT2D eigenvalue weighted by Crippen LogP contribution is -2.44. The van der Waals surface area contributed by atoms with Crippen LogP contribution in [0.3, 0.4) is 0 Å². The van der Waals surface area contributed by atoms with E-state index in [-0.39, 0.29) is 24.7 Å². The van der Waals surface area contributed by atoms with Crippen molar-refractivity contribution < 1.29 is 19.2 Å². The van der Waals surface area contributed by atoms with Crippen molar-refractivity contribution in [3.63, 3.8) is 0 Å². The summed E-state index contributed by atoms with van der Waals surface area (Å²) >= 11 is 0. The minimum atomic E-state index is -0.500. The molecule has 0 aliphatic carbocycles. The highest BCUT2D eigenvalue weighted by molar-refractivity contribution is 6.02. The first-order valence-electron chi connectivity index (χ1n) is 7.63. The van der Waals surface area contributed by atoms with Crippen LogP contribution in [0.1, 0.15) is 5.56 Å². The molecule has 0 fully saturated rings. The maximum atomic E-state index is 12.1. The predicted molar refractivity (Wildman–Crippen MR) is 93.1 cm³/mol. The smallest absolute Gasteiger partial charge is 0.269 e. The van der Waals surface area contributed by atoms with Crippen LogP contribution < -0.4 is 15.1 Å². The number of para-hydroxylation sites is 2. The summed E-state index contributed by atoms with van der Waals surface area (Å²) in [5.74, 6) is -0.263. The molecule has 2 aromatic carbocycles. The minimum absolute atomic E-state index is 0.0318. The Morgan fingerprint density at radius 1 is 1.27 bits per heavy atom. The third kappa shape index (κ3) is 3.83. The summed E-state index contributed by atoms with van der Waals surface area (Å²) in [5.41, 5.74) is 3.41. The van der Waals surface area contributed by atoms with E-state index in [2.05, 4.69) is 10.5 Å². The molecule has 0 bridgehead atoms. The molecular weight excluding hydrogens is 340 g/mol. The van der Waals surface area contributed by atoms with Crippen molar-refractivity contribution in [3.8, 4) is 5.75 Å². The molecule has 1 N–H and O–H groups in total. The number of rotatable bonds is 5. The highest BCUT2D eigenvalue weighted by Gasteiger charge is 2.26. The van der Waals surface area contributed by atoms with Gasteiger partial charge in [-0.3, -0.25) is 24.6 Å². The second kappa shape index (κ2) is 7.43. The van der Waals surface area contributed by atoms with E-state index in [1.807, 2.05) is 0 Å². The number of hydrogen-bond donors (Lipinski definition) is 1. The zero-order valence-corrected chi connectivity index (χ0v) is 13.5. The quantitative estimate of drug-likeness (QED) is 0.496. The molecule has 0 saturated carbocycles. The Morgan fingerprint density at radius 3 is 2.73 bits per heavy atom. The number of nitro groups is 1. The summed E-state index contributed by atoms with van der Waals surface area (Å²) in [7, 11) is 0. The first-order valence-corrected chi connectivity index (χ1v) is 7.63. The Balaban J connectivity index is 1.60. The van der Waals surface area contributed by atoms with E-state index in [1.165, 1.54) is 35.4 Å². The van der Waals surface area contributed by atoms with Crippen LogP contribution in [0.25, 0.3) is 0 Å². The van der Waals surface area contributed by atoms with Crippen LogP contribution in [0, 0.1) is 10.1 Å². The van der Waals surface area contributed by atoms with Gasteiger partial charge in [-0.05, 0) is 29.8 Å². The molecule has 1 aliphatic rings. The number of fused-ring (bicyclic) bond motifs is 1. The minimum Gasteiger partial charge on any atom is -0.482 e. The highest BCUT2D eigenvalue weighted by atomic mass is 16.6. The second-order valence-corrected chi connectivity index (χ2v) is 5.38. The first-order chi connectivity index (χ1) is 12.5. The van der Waals surface area contributed by atoms with Crippen LogP contribution in [0.5, 0.6) is 5.75 Å². The van der Waals surface area contributed by atoms with E-state index in [4.69, 9.17) is 4.74 Å². The molecule has 132 valence electrons. The molecule has 9 nitrogen and oxygen atoms in total. The van der Waals surface area contributed by atoms with E-state index in [9.17, 15) is 19.7 Å². The summed E-state index contributed by atoms with van der Waals surface area (Å²) < 4.78 is 5.31. The zero-order chi connectivity index (χ0) is 18.5. The lowest BCUT2D eigenvalue weighted by atomic mass is 10.2. The van der Waals surface area contributed by atoms with Gasteiger partial charge >= 0.3 is 0 Å². The maximum absolute atomic E-state index is 12.1. The van der Waals surface area contributed by atoms with Gasteiger partial charge in [-0.25, -0.2) is 5.43 Å².